The summed E-state index contributed by atoms with van der Waals surface area (Å²) in [4.78, 5) is 10.3. The predicted molar refractivity (Wildman–Crippen MR) is 61.9 cm³/mol. The third-order valence-electron chi connectivity index (χ3n) is 2.21. The number of nitro groups is 1. The zero-order valence-corrected chi connectivity index (χ0v) is 9.69. The van der Waals surface area contributed by atoms with Crippen molar-refractivity contribution in [2.75, 3.05) is 13.6 Å². The lowest BCUT2D eigenvalue weighted by molar-refractivity contribution is -0.385. The molecule has 0 aromatic heterocycles. The highest BCUT2D eigenvalue weighted by Gasteiger charge is 2.12. The summed E-state index contributed by atoms with van der Waals surface area (Å²) in [7, 11) is 1.83. The van der Waals surface area contributed by atoms with Gasteiger partial charge in [-0.15, -0.1) is 0 Å². The SMILES string of the molecule is CNCC(C)Oc1ccc(C)c([N+](=O)[O-])c1. The Kier molecular flexibility index (Phi) is 4.25. The molecule has 0 amide bonds. The van der Waals surface area contributed by atoms with Gasteiger partial charge in [-0.25, -0.2) is 0 Å². The van der Waals surface area contributed by atoms with Crippen LogP contribution in [0.4, 0.5) is 5.69 Å². The molecule has 0 heterocycles. The van der Waals surface area contributed by atoms with E-state index in [1.807, 2.05) is 14.0 Å². The van der Waals surface area contributed by atoms with Gasteiger partial charge in [-0.3, -0.25) is 10.1 Å². The number of hydrogen-bond donors (Lipinski definition) is 1. The van der Waals surface area contributed by atoms with Crippen LogP contribution in [0.1, 0.15) is 12.5 Å². The number of ether oxygens (including phenoxy) is 1. The van der Waals surface area contributed by atoms with E-state index in [0.29, 0.717) is 17.9 Å². The van der Waals surface area contributed by atoms with Crippen molar-refractivity contribution in [2.24, 2.45) is 0 Å². The van der Waals surface area contributed by atoms with Crippen molar-refractivity contribution in [1.82, 2.24) is 5.32 Å². The fraction of sp³-hybridized carbons (Fsp3) is 0.455. The maximum Gasteiger partial charge on any atom is 0.276 e. The molecule has 1 aromatic rings. The number of nitrogens with zero attached hydrogens (tertiary/aromatic N) is 1. The van der Waals surface area contributed by atoms with Crippen LogP contribution in [-0.4, -0.2) is 24.6 Å². The van der Waals surface area contributed by atoms with Gasteiger partial charge in [0.15, 0.2) is 0 Å². The molecule has 5 nitrogen and oxygen atoms in total. The van der Waals surface area contributed by atoms with Gasteiger partial charge in [0.25, 0.3) is 5.69 Å². The topological polar surface area (TPSA) is 64.4 Å². The second-order valence-electron chi connectivity index (χ2n) is 3.69. The summed E-state index contributed by atoms with van der Waals surface area (Å²) in [6.45, 7) is 4.31. The number of rotatable bonds is 5. The molecule has 0 spiro atoms. The Morgan fingerprint density at radius 3 is 2.81 bits per heavy atom. The third kappa shape index (κ3) is 3.20. The van der Waals surface area contributed by atoms with Crippen molar-refractivity contribution < 1.29 is 9.66 Å². The number of aryl methyl sites for hydroxylation is 1. The lowest BCUT2D eigenvalue weighted by Gasteiger charge is -2.14. The lowest BCUT2D eigenvalue weighted by Crippen LogP contribution is -2.26. The van der Waals surface area contributed by atoms with E-state index in [2.05, 4.69) is 5.32 Å². The maximum absolute atomic E-state index is 10.7. The average molecular weight is 224 g/mol. The van der Waals surface area contributed by atoms with Crippen LogP contribution in [-0.2, 0) is 0 Å². The smallest absolute Gasteiger partial charge is 0.276 e. The highest BCUT2D eigenvalue weighted by atomic mass is 16.6. The molecule has 16 heavy (non-hydrogen) atoms. The van der Waals surface area contributed by atoms with Crippen LogP contribution in [0.25, 0.3) is 0 Å². The second kappa shape index (κ2) is 5.46. The Balaban J connectivity index is 2.82. The molecule has 0 bridgehead atoms. The van der Waals surface area contributed by atoms with E-state index in [1.54, 1.807) is 19.1 Å². The predicted octanol–water partition coefficient (Wildman–Crippen LogP) is 1.89. The van der Waals surface area contributed by atoms with Gasteiger partial charge in [0, 0.05) is 12.1 Å². The first-order valence-corrected chi connectivity index (χ1v) is 5.11. The summed E-state index contributed by atoms with van der Waals surface area (Å²) in [5, 5.41) is 13.7. The van der Waals surface area contributed by atoms with Gasteiger partial charge in [-0.1, -0.05) is 0 Å². The summed E-state index contributed by atoms with van der Waals surface area (Å²) in [5.41, 5.74) is 0.729. The van der Waals surface area contributed by atoms with Crippen LogP contribution in [0.5, 0.6) is 5.75 Å². The molecule has 1 rings (SSSR count). The first-order valence-electron chi connectivity index (χ1n) is 5.11. The van der Waals surface area contributed by atoms with Crippen LogP contribution in [0, 0.1) is 17.0 Å². The van der Waals surface area contributed by atoms with E-state index in [-0.39, 0.29) is 11.8 Å². The molecule has 88 valence electrons. The van der Waals surface area contributed by atoms with E-state index in [9.17, 15) is 10.1 Å². The molecule has 1 atom stereocenters. The fourth-order valence-electron chi connectivity index (χ4n) is 1.42. The highest BCUT2D eigenvalue weighted by molar-refractivity contribution is 5.45. The molecule has 1 unspecified atom stereocenters. The summed E-state index contributed by atoms with van der Waals surface area (Å²) >= 11 is 0. The molecule has 0 aliphatic rings. The minimum Gasteiger partial charge on any atom is -0.489 e. The minimum atomic E-state index is -0.398. The van der Waals surface area contributed by atoms with Crippen LogP contribution < -0.4 is 10.1 Å². The summed E-state index contributed by atoms with van der Waals surface area (Å²) in [6, 6.07) is 4.90. The third-order valence-corrected chi connectivity index (χ3v) is 2.21. The number of benzene rings is 1. The number of hydrogen-bond acceptors (Lipinski definition) is 4. The molecule has 0 aliphatic carbocycles. The van der Waals surface area contributed by atoms with Crippen molar-refractivity contribution >= 4 is 5.69 Å². The average Bonchev–Trinajstić information content (AvgIpc) is 2.21. The van der Waals surface area contributed by atoms with Gasteiger partial charge in [0.2, 0.25) is 0 Å². The van der Waals surface area contributed by atoms with Crippen molar-refractivity contribution in [3.63, 3.8) is 0 Å². The van der Waals surface area contributed by atoms with Crippen molar-refractivity contribution in [3.05, 3.63) is 33.9 Å². The van der Waals surface area contributed by atoms with Gasteiger partial charge in [0.05, 0.1) is 11.0 Å². The van der Waals surface area contributed by atoms with E-state index in [1.165, 1.54) is 6.07 Å². The zero-order chi connectivity index (χ0) is 12.1. The summed E-state index contributed by atoms with van der Waals surface area (Å²) < 4.78 is 5.53. The van der Waals surface area contributed by atoms with Crippen LogP contribution in [0.3, 0.4) is 0 Å². The van der Waals surface area contributed by atoms with Gasteiger partial charge in [-0.05, 0) is 33.0 Å². The number of nitro benzene ring substituents is 1. The normalized spacial score (nSPS) is 12.2. The molecule has 0 aliphatic heterocycles. The van der Waals surface area contributed by atoms with E-state index in [4.69, 9.17) is 4.74 Å². The van der Waals surface area contributed by atoms with Crippen molar-refractivity contribution in [3.8, 4) is 5.75 Å². The summed E-state index contributed by atoms with van der Waals surface area (Å²) in [6.07, 6.45) is -0.0210. The van der Waals surface area contributed by atoms with Crippen molar-refractivity contribution in [2.45, 2.75) is 20.0 Å². The van der Waals surface area contributed by atoms with Gasteiger partial charge in [0.1, 0.15) is 11.9 Å². The fourth-order valence-corrected chi connectivity index (χ4v) is 1.42. The first kappa shape index (κ1) is 12.4. The Labute approximate surface area is 94.6 Å². The lowest BCUT2D eigenvalue weighted by atomic mass is 10.2. The van der Waals surface area contributed by atoms with E-state index in [0.717, 1.165) is 0 Å². The first-order chi connectivity index (χ1) is 7.54. The van der Waals surface area contributed by atoms with Crippen LogP contribution >= 0.6 is 0 Å². The second-order valence-corrected chi connectivity index (χ2v) is 3.69. The molecule has 1 aromatic carbocycles. The minimum absolute atomic E-state index is 0.0210. The van der Waals surface area contributed by atoms with E-state index < -0.39 is 4.92 Å². The summed E-state index contributed by atoms with van der Waals surface area (Å²) in [5.74, 6) is 0.528. The largest absolute Gasteiger partial charge is 0.489 e. The maximum atomic E-state index is 10.7. The molecule has 0 radical (unpaired) electrons. The zero-order valence-electron chi connectivity index (χ0n) is 9.69. The Bertz CT molecular complexity index is 379. The number of nitrogens with one attached hydrogen (secondary N) is 1. The monoisotopic (exact) mass is 224 g/mol. The molecular weight excluding hydrogens is 208 g/mol. The standard InChI is InChI=1S/C11H16N2O3/c1-8-4-5-10(6-11(8)13(14)15)16-9(2)7-12-3/h4-6,9,12H,7H2,1-3H3. The van der Waals surface area contributed by atoms with Gasteiger partial charge < -0.3 is 10.1 Å². The Hall–Kier alpha value is -1.62. The van der Waals surface area contributed by atoms with Gasteiger partial charge >= 0.3 is 0 Å². The van der Waals surface area contributed by atoms with Gasteiger partial charge in [-0.2, -0.15) is 0 Å². The molecule has 0 saturated heterocycles. The molecule has 1 N–H and O–H groups in total. The quantitative estimate of drug-likeness (QED) is 0.612. The highest BCUT2D eigenvalue weighted by Crippen LogP contribution is 2.24. The van der Waals surface area contributed by atoms with Crippen molar-refractivity contribution in [1.29, 1.82) is 0 Å². The van der Waals surface area contributed by atoms with E-state index >= 15 is 0 Å². The Morgan fingerprint density at radius 2 is 2.25 bits per heavy atom. The molecule has 0 saturated carbocycles. The molecule has 5 heteroatoms. The molecular formula is C11H16N2O3. The van der Waals surface area contributed by atoms with Crippen LogP contribution in [0.15, 0.2) is 18.2 Å². The number of likely N-dealkylation sites (N-methyl/N-ethyl adjacent to an activating group) is 1. The Morgan fingerprint density at radius 1 is 1.56 bits per heavy atom. The van der Waals surface area contributed by atoms with Crippen LogP contribution in [0.2, 0.25) is 0 Å². The molecule has 0 fully saturated rings.